The predicted octanol–water partition coefficient (Wildman–Crippen LogP) is 0.812. The van der Waals surface area contributed by atoms with Crippen molar-refractivity contribution in [3.63, 3.8) is 0 Å². The van der Waals surface area contributed by atoms with Gasteiger partial charge in [-0.2, -0.15) is 0 Å². The Labute approximate surface area is 112 Å². The SMILES string of the molecule is O=C(O)C1CCCN(C(=O)NC2CC3CCC2O3)C1. The molecule has 2 amide bonds. The van der Waals surface area contributed by atoms with Crippen LogP contribution in [-0.2, 0) is 9.53 Å². The lowest BCUT2D eigenvalue weighted by Gasteiger charge is -2.32. The molecule has 106 valence electrons. The highest BCUT2D eigenvalue weighted by Gasteiger charge is 2.42. The van der Waals surface area contributed by atoms with E-state index < -0.39 is 11.9 Å². The summed E-state index contributed by atoms with van der Waals surface area (Å²) in [4.78, 5) is 24.8. The first-order valence-electron chi connectivity index (χ1n) is 7.07. The molecule has 0 aromatic heterocycles. The number of carbonyl (C=O) groups excluding carboxylic acids is 1. The molecule has 6 heteroatoms. The van der Waals surface area contributed by atoms with Crippen LogP contribution in [0.3, 0.4) is 0 Å². The van der Waals surface area contributed by atoms with Gasteiger partial charge in [-0.3, -0.25) is 4.79 Å². The average molecular weight is 268 g/mol. The minimum Gasteiger partial charge on any atom is -0.481 e. The van der Waals surface area contributed by atoms with Crippen molar-refractivity contribution in [1.29, 1.82) is 0 Å². The number of carbonyl (C=O) groups is 2. The van der Waals surface area contributed by atoms with Crippen LogP contribution < -0.4 is 5.32 Å². The normalized spacial score (nSPS) is 37.4. The van der Waals surface area contributed by atoms with E-state index in [1.54, 1.807) is 4.90 Å². The van der Waals surface area contributed by atoms with Crippen LogP contribution in [0.15, 0.2) is 0 Å². The zero-order valence-electron chi connectivity index (χ0n) is 10.9. The quantitative estimate of drug-likeness (QED) is 0.777. The van der Waals surface area contributed by atoms with E-state index in [9.17, 15) is 9.59 Å². The maximum atomic E-state index is 12.2. The number of ether oxygens (including phenoxy) is 1. The summed E-state index contributed by atoms with van der Waals surface area (Å²) in [6.07, 6.45) is 4.91. The Kier molecular flexibility index (Phi) is 3.35. The van der Waals surface area contributed by atoms with Gasteiger partial charge in [0.1, 0.15) is 0 Å². The van der Waals surface area contributed by atoms with E-state index in [0.717, 1.165) is 25.7 Å². The topological polar surface area (TPSA) is 78.9 Å². The van der Waals surface area contributed by atoms with Crippen molar-refractivity contribution in [2.75, 3.05) is 13.1 Å². The Bertz CT molecular complexity index is 387. The fourth-order valence-corrected chi connectivity index (χ4v) is 3.40. The van der Waals surface area contributed by atoms with Gasteiger partial charge in [0, 0.05) is 13.1 Å². The largest absolute Gasteiger partial charge is 0.481 e. The first-order valence-corrected chi connectivity index (χ1v) is 7.07. The van der Waals surface area contributed by atoms with Crippen LogP contribution in [0, 0.1) is 5.92 Å². The maximum absolute atomic E-state index is 12.2. The lowest BCUT2D eigenvalue weighted by Crippen LogP contribution is -2.51. The zero-order chi connectivity index (χ0) is 13.4. The molecule has 2 N–H and O–H groups in total. The fourth-order valence-electron chi connectivity index (χ4n) is 3.40. The van der Waals surface area contributed by atoms with Crippen molar-refractivity contribution in [2.24, 2.45) is 5.92 Å². The Morgan fingerprint density at radius 2 is 2.11 bits per heavy atom. The predicted molar refractivity (Wildman–Crippen MR) is 66.8 cm³/mol. The smallest absolute Gasteiger partial charge is 0.317 e. The van der Waals surface area contributed by atoms with Crippen LogP contribution in [0.25, 0.3) is 0 Å². The van der Waals surface area contributed by atoms with E-state index in [-0.39, 0.29) is 18.2 Å². The molecule has 3 saturated heterocycles. The number of carboxylic acid groups (broad SMARTS) is 1. The summed E-state index contributed by atoms with van der Waals surface area (Å²) in [5.41, 5.74) is 0. The number of rotatable bonds is 2. The minimum absolute atomic E-state index is 0.108. The molecule has 0 radical (unpaired) electrons. The van der Waals surface area contributed by atoms with Gasteiger partial charge in [0.05, 0.1) is 24.2 Å². The van der Waals surface area contributed by atoms with Crippen molar-refractivity contribution >= 4 is 12.0 Å². The van der Waals surface area contributed by atoms with Gasteiger partial charge in [0.15, 0.2) is 0 Å². The van der Waals surface area contributed by atoms with Gasteiger partial charge < -0.3 is 20.1 Å². The lowest BCUT2D eigenvalue weighted by molar-refractivity contribution is -0.143. The average Bonchev–Trinajstić information content (AvgIpc) is 3.01. The molecule has 0 aliphatic carbocycles. The zero-order valence-corrected chi connectivity index (χ0v) is 10.9. The van der Waals surface area contributed by atoms with E-state index >= 15 is 0 Å². The highest BCUT2D eigenvalue weighted by Crippen LogP contribution is 2.34. The molecule has 3 aliphatic rings. The van der Waals surface area contributed by atoms with E-state index in [1.165, 1.54) is 0 Å². The molecule has 4 unspecified atom stereocenters. The van der Waals surface area contributed by atoms with Crippen molar-refractivity contribution < 1.29 is 19.4 Å². The number of hydrogen-bond donors (Lipinski definition) is 2. The van der Waals surface area contributed by atoms with Crippen molar-refractivity contribution in [1.82, 2.24) is 10.2 Å². The summed E-state index contributed by atoms with van der Waals surface area (Å²) < 4.78 is 5.71. The van der Waals surface area contributed by atoms with Crippen LogP contribution in [0.2, 0.25) is 0 Å². The van der Waals surface area contributed by atoms with Gasteiger partial charge in [-0.05, 0) is 32.1 Å². The number of nitrogens with one attached hydrogen (secondary N) is 1. The van der Waals surface area contributed by atoms with Gasteiger partial charge in [0.2, 0.25) is 0 Å². The maximum Gasteiger partial charge on any atom is 0.317 e. The Morgan fingerprint density at radius 1 is 1.26 bits per heavy atom. The minimum atomic E-state index is -0.805. The van der Waals surface area contributed by atoms with Crippen LogP contribution in [-0.4, -0.2) is 53.3 Å². The highest BCUT2D eigenvalue weighted by molar-refractivity contribution is 5.76. The summed E-state index contributed by atoms with van der Waals surface area (Å²) in [6, 6.07) is -0.0245. The Balaban J connectivity index is 1.54. The van der Waals surface area contributed by atoms with Gasteiger partial charge in [-0.1, -0.05) is 0 Å². The number of hydrogen-bond acceptors (Lipinski definition) is 3. The number of carboxylic acids is 1. The molecular weight excluding hydrogens is 248 g/mol. The number of piperidine rings is 1. The Morgan fingerprint density at radius 3 is 2.74 bits per heavy atom. The van der Waals surface area contributed by atoms with E-state index in [4.69, 9.17) is 9.84 Å². The van der Waals surface area contributed by atoms with Crippen LogP contribution in [0.5, 0.6) is 0 Å². The summed E-state index contributed by atoms with van der Waals surface area (Å²) in [7, 11) is 0. The third-order valence-corrected chi connectivity index (χ3v) is 4.47. The Hall–Kier alpha value is -1.30. The molecule has 0 saturated carbocycles. The molecule has 3 aliphatic heterocycles. The molecule has 3 rings (SSSR count). The number of nitrogens with zero attached hydrogens (tertiary/aromatic N) is 1. The monoisotopic (exact) mass is 268 g/mol. The molecule has 3 fully saturated rings. The molecule has 3 heterocycles. The van der Waals surface area contributed by atoms with Crippen molar-refractivity contribution in [3.8, 4) is 0 Å². The molecule has 0 aromatic carbocycles. The van der Waals surface area contributed by atoms with Crippen LogP contribution in [0.4, 0.5) is 4.79 Å². The van der Waals surface area contributed by atoms with Crippen molar-refractivity contribution in [2.45, 2.75) is 50.4 Å². The number of urea groups is 1. The van der Waals surface area contributed by atoms with E-state index in [2.05, 4.69) is 5.32 Å². The molecule has 19 heavy (non-hydrogen) atoms. The summed E-state index contributed by atoms with van der Waals surface area (Å²) in [6.45, 7) is 0.972. The van der Waals surface area contributed by atoms with Crippen LogP contribution >= 0.6 is 0 Å². The third kappa shape index (κ3) is 2.54. The number of fused-ring (bicyclic) bond motifs is 2. The second kappa shape index (κ2) is 5.00. The van der Waals surface area contributed by atoms with Crippen LogP contribution in [0.1, 0.15) is 32.1 Å². The second-order valence-corrected chi connectivity index (χ2v) is 5.79. The standard InChI is InChI=1S/C13H20N2O4/c16-12(17)8-2-1-5-15(7-8)13(18)14-10-6-9-3-4-11(10)19-9/h8-11H,1-7H2,(H,14,18)(H,16,17). The molecular formula is C13H20N2O4. The first kappa shape index (κ1) is 12.7. The van der Waals surface area contributed by atoms with Gasteiger partial charge in [0.25, 0.3) is 0 Å². The van der Waals surface area contributed by atoms with Gasteiger partial charge in [-0.25, -0.2) is 4.79 Å². The third-order valence-electron chi connectivity index (χ3n) is 4.47. The molecule has 0 spiro atoms. The molecule has 0 aromatic rings. The lowest BCUT2D eigenvalue weighted by atomic mass is 9.95. The summed E-state index contributed by atoms with van der Waals surface area (Å²) in [5, 5.41) is 12.0. The van der Waals surface area contributed by atoms with E-state index in [0.29, 0.717) is 25.6 Å². The highest BCUT2D eigenvalue weighted by atomic mass is 16.5. The van der Waals surface area contributed by atoms with Crippen molar-refractivity contribution in [3.05, 3.63) is 0 Å². The molecule has 4 atom stereocenters. The number of aliphatic carboxylic acids is 1. The first-order chi connectivity index (χ1) is 9.13. The number of amides is 2. The molecule has 6 nitrogen and oxygen atoms in total. The van der Waals surface area contributed by atoms with Gasteiger partial charge >= 0.3 is 12.0 Å². The summed E-state index contributed by atoms with van der Waals surface area (Å²) >= 11 is 0. The molecule has 2 bridgehead atoms. The second-order valence-electron chi connectivity index (χ2n) is 5.79. The van der Waals surface area contributed by atoms with Gasteiger partial charge in [-0.15, -0.1) is 0 Å². The number of likely N-dealkylation sites (tertiary alicyclic amines) is 1. The fraction of sp³-hybridized carbons (Fsp3) is 0.846. The van der Waals surface area contributed by atoms with E-state index in [1.807, 2.05) is 0 Å². The summed E-state index contributed by atoms with van der Waals surface area (Å²) in [5.74, 6) is -1.23.